The maximum absolute atomic E-state index is 6.01. The van der Waals surface area contributed by atoms with Crippen molar-refractivity contribution >= 4 is 5.69 Å². The summed E-state index contributed by atoms with van der Waals surface area (Å²) in [5.41, 5.74) is 16.5. The molecule has 1 aromatic carbocycles. The number of aryl methyl sites for hydroxylation is 4. The van der Waals surface area contributed by atoms with Crippen molar-refractivity contribution < 1.29 is 0 Å². The van der Waals surface area contributed by atoms with Crippen LogP contribution in [0.25, 0.3) is 22.6 Å². The summed E-state index contributed by atoms with van der Waals surface area (Å²) in [5, 5.41) is 0. The number of fused-ring (bicyclic) bond motifs is 6. The Bertz CT molecular complexity index is 944. The average Bonchev–Trinajstić information content (AvgIpc) is 2.60. The molecule has 112 valence electrons. The molecule has 0 fully saturated rings. The van der Waals surface area contributed by atoms with Crippen LogP contribution in [0.3, 0.4) is 0 Å². The fraction of sp³-hybridized carbons (Fsp3) is 0.200. The largest absolute Gasteiger partial charge is 0.399 e. The molecule has 2 heterocycles. The van der Waals surface area contributed by atoms with Crippen LogP contribution >= 0.6 is 0 Å². The Hall–Kier alpha value is -2.68. The summed E-state index contributed by atoms with van der Waals surface area (Å²) in [6, 6.07) is 12.7. The minimum atomic E-state index is 0.801. The van der Waals surface area contributed by atoms with Gasteiger partial charge in [-0.1, -0.05) is 18.2 Å². The van der Waals surface area contributed by atoms with Gasteiger partial charge in [0.1, 0.15) is 0 Å². The van der Waals surface area contributed by atoms with Gasteiger partial charge in [0, 0.05) is 17.4 Å². The Morgan fingerprint density at radius 2 is 1.52 bits per heavy atom. The van der Waals surface area contributed by atoms with Gasteiger partial charge in [0.05, 0.1) is 17.1 Å². The molecule has 0 aliphatic heterocycles. The fourth-order valence-electron chi connectivity index (χ4n) is 3.85. The molecule has 0 saturated carbocycles. The highest BCUT2D eigenvalue weighted by molar-refractivity contribution is 5.77. The number of nitrogen functional groups attached to an aromatic ring is 1. The number of rotatable bonds is 0. The van der Waals surface area contributed by atoms with Crippen LogP contribution in [-0.2, 0) is 25.7 Å². The van der Waals surface area contributed by atoms with E-state index in [9.17, 15) is 0 Å². The zero-order valence-corrected chi connectivity index (χ0v) is 12.8. The number of aromatic nitrogens is 2. The molecule has 0 saturated heterocycles. The molecular formula is C20H17N3. The molecule has 2 N–H and O–H groups in total. The van der Waals surface area contributed by atoms with Crippen LogP contribution in [0.4, 0.5) is 5.69 Å². The van der Waals surface area contributed by atoms with Crippen LogP contribution in [0.1, 0.15) is 22.3 Å². The van der Waals surface area contributed by atoms with Crippen LogP contribution < -0.4 is 5.73 Å². The van der Waals surface area contributed by atoms with Gasteiger partial charge in [-0.3, -0.25) is 4.98 Å². The Kier molecular flexibility index (Phi) is 2.60. The van der Waals surface area contributed by atoms with E-state index in [0.29, 0.717) is 0 Å². The summed E-state index contributed by atoms with van der Waals surface area (Å²) in [6.07, 6.45) is 6.10. The molecule has 0 atom stereocenters. The number of nitrogens with zero attached hydrogens (tertiary/aromatic N) is 2. The Morgan fingerprint density at radius 3 is 2.43 bits per heavy atom. The lowest BCUT2D eigenvalue weighted by Crippen LogP contribution is -2.13. The lowest BCUT2D eigenvalue weighted by Gasteiger charge is -2.24. The summed E-state index contributed by atoms with van der Waals surface area (Å²) in [4.78, 5) is 9.66. The molecule has 3 aromatic rings. The van der Waals surface area contributed by atoms with Crippen molar-refractivity contribution in [1.29, 1.82) is 0 Å². The van der Waals surface area contributed by atoms with Gasteiger partial charge in [0.25, 0.3) is 0 Å². The van der Waals surface area contributed by atoms with Gasteiger partial charge in [-0.05, 0) is 66.1 Å². The number of pyridine rings is 2. The Morgan fingerprint density at radius 1 is 0.739 bits per heavy atom. The first kappa shape index (κ1) is 12.8. The van der Waals surface area contributed by atoms with Crippen molar-refractivity contribution in [2.45, 2.75) is 25.7 Å². The van der Waals surface area contributed by atoms with Gasteiger partial charge >= 0.3 is 0 Å². The van der Waals surface area contributed by atoms with Crippen molar-refractivity contribution in [3.05, 3.63) is 64.8 Å². The van der Waals surface area contributed by atoms with Crippen molar-refractivity contribution in [1.82, 2.24) is 9.97 Å². The maximum Gasteiger partial charge on any atom is 0.0928 e. The van der Waals surface area contributed by atoms with E-state index in [1.807, 2.05) is 18.3 Å². The van der Waals surface area contributed by atoms with Crippen molar-refractivity contribution in [3.8, 4) is 22.6 Å². The predicted molar refractivity (Wildman–Crippen MR) is 92.1 cm³/mol. The molecule has 2 aliphatic carbocycles. The summed E-state index contributed by atoms with van der Waals surface area (Å²) in [5.74, 6) is 0. The van der Waals surface area contributed by atoms with E-state index in [4.69, 9.17) is 10.7 Å². The minimum Gasteiger partial charge on any atom is -0.399 e. The van der Waals surface area contributed by atoms with E-state index in [-0.39, 0.29) is 0 Å². The van der Waals surface area contributed by atoms with Crippen LogP contribution in [0, 0.1) is 0 Å². The number of nitrogens with two attached hydrogens (primary N) is 1. The average molecular weight is 299 g/mol. The summed E-state index contributed by atoms with van der Waals surface area (Å²) < 4.78 is 0. The predicted octanol–water partition coefficient (Wildman–Crippen LogP) is 3.59. The van der Waals surface area contributed by atoms with Crippen molar-refractivity contribution in [3.63, 3.8) is 0 Å². The summed E-state index contributed by atoms with van der Waals surface area (Å²) >= 11 is 0. The van der Waals surface area contributed by atoms with Crippen LogP contribution in [0.5, 0.6) is 0 Å². The number of anilines is 1. The van der Waals surface area contributed by atoms with Gasteiger partial charge in [0.2, 0.25) is 0 Å². The van der Waals surface area contributed by atoms with Crippen molar-refractivity contribution in [2.75, 3.05) is 5.73 Å². The standard InChI is InChI=1S/C20H17N3/c21-16-8-7-12-3-5-14-10-15-6-4-13-2-1-9-22-19(13)20(15)23-18(14)17(12)11-16/h1-2,7-11H,3-6,21H2. The van der Waals surface area contributed by atoms with Gasteiger partial charge in [-0.15, -0.1) is 0 Å². The highest BCUT2D eigenvalue weighted by Crippen LogP contribution is 2.38. The second-order valence-electron chi connectivity index (χ2n) is 6.43. The number of hydrogen-bond acceptors (Lipinski definition) is 3. The normalized spacial score (nSPS) is 14.4. The lowest BCUT2D eigenvalue weighted by atomic mass is 9.85. The molecule has 3 heteroatoms. The molecule has 3 nitrogen and oxygen atoms in total. The monoisotopic (exact) mass is 299 g/mol. The van der Waals surface area contributed by atoms with E-state index in [2.05, 4.69) is 29.2 Å². The first-order valence-corrected chi connectivity index (χ1v) is 8.15. The van der Waals surface area contributed by atoms with Crippen LogP contribution in [0.2, 0.25) is 0 Å². The summed E-state index contributed by atoms with van der Waals surface area (Å²) in [6.45, 7) is 0. The molecule has 5 rings (SSSR count). The number of hydrogen-bond donors (Lipinski definition) is 1. The highest BCUT2D eigenvalue weighted by atomic mass is 14.8. The molecule has 2 aliphatic rings. The first-order chi connectivity index (χ1) is 11.3. The second kappa shape index (κ2) is 4.66. The quantitative estimate of drug-likeness (QED) is 0.645. The van der Waals surface area contributed by atoms with Gasteiger partial charge < -0.3 is 5.73 Å². The van der Waals surface area contributed by atoms with E-state index in [1.165, 1.54) is 27.8 Å². The van der Waals surface area contributed by atoms with E-state index in [1.54, 1.807) is 0 Å². The Labute approximate surface area is 135 Å². The van der Waals surface area contributed by atoms with Crippen LogP contribution in [-0.4, -0.2) is 9.97 Å². The zero-order chi connectivity index (χ0) is 15.4. The molecule has 2 aromatic heterocycles. The minimum absolute atomic E-state index is 0.801. The first-order valence-electron chi connectivity index (χ1n) is 8.15. The van der Waals surface area contributed by atoms with E-state index >= 15 is 0 Å². The molecule has 0 unspecified atom stereocenters. The third-order valence-electron chi connectivity index (χ3n) is 5.01. The molecular weight excluding hydrogens is 282 g/mol. The van der Waals surface area contributed by atoms with Gasteiger partial charge in [-0.2, -0.15) is 0 Å². The molecule has 0 spiro atoms. The third-order valence-corrected chi connectivity index (χ3v) is 5.01. The maximum atomic E-state index is 6.01. The smallest absolute Gasteiger partial charge is 0.0928 e. The van der Waals surface area contributed by atoms with E-state index < -0.39 is 0 Å². The SMILES string of the molecule is Nc1ccc2c(c1)-c1nc3c(cc1CC2)CCc1cccnc1-3. The van der Waals surface area contributed by atoms with Gasteiger partial charge in [0.15, 0.2) is 0 Å². The van der Waals surface area contributed by atoms with Crippen LogP contribution in [0.15, 0.2) is 42.6 Å². The van der Waals surface area contributed by atoms with Gasteiger partial charge in [-0.25, -0.2) is 4.98 Å². The zero-order valence-electron chi connectivity index (χ0n) is 12.8. The highest BCUT2D eigenvalue weighted by Gasteiger charge is 2.24. The van der Waals surface area contributed by atoms with Crippen molar-refractivity contribution in [2.24, 2.45) is 0 Å². The lowest BCUT2D eigenvalue weighted by molar-refractivity contribution is 0.881. The number of benzene rings is 1. The fourth-order valence-corrected chi connectivity index (χ4v) is 3.85. The molecule has 0 amide bonds. The second-order valence-corrected chi connectivity index (χ2v) is 6.43. The van der Waals surface area contributed by atoms with E-state index in [0.717, 1.165) is 48.5 Å². The topological polar surface area (TPSA) is 51.8 Å². The third kappa shape index (κ3) is 1.89. The Balaban J connectivity index is 1.78. The molecule has 23 heavy (non-hydrogen) atoms. The molecule has 0 radical (unpaired) electrons. The molecule has 0 bridgehead atoms. The summed E-state index contributed by atoms with van der Waals surface area (Å²) in [7, 11) is 0.